The van der Waals surface area contributed by atoms with Gasteiger partial charge in [-0.25, -0.2) is 4.98 Å². The van der Waals surface area contributed by atoms with E-state index < -0.39 is 0 Å². The van der Waals surface area contributed by atoms with Gasteiger partial charge in [0.15, 0.2) is 0 Å². The Morgan fingerprint density at radius 1 is 1.28 bits per heavy atom. The number of H-pyrrole nitrogens is 1. The molecule has 2 N–H and O–H groups in total. The summed E-state index contributed by atoms with van der Waals surface area (Å²) in [6.45, 7) is 9.25. The van der Waals surface area contributed by atoms with E-state index in [-0.39, 0.29) is 11.9 Å². The lowest BCUT2D eigenvalue weighted by Gasteiger charge is -2.16. The number of amides is 1. The van der Waals surface area contributed by atoms with Gasteiger partial charge in [-0.2, -0.15) is 16.9 Å². The number of aryl methyl sites for hydroxylation is 1. The summed E-state index contributed by atoms with van der Waals surface area (Å²) in [6, 6.07) is 7.82. The Morgan fingerprint density at radius 3 is 2.72 bits per heavy atom. The van der Waals surface area contributed by atoms with Gasteiger partial charge in [0, 0.05) is 17.8 Å². The van der Waals surface area contributed by atoms with Crippen LogP contribution in [0.15, 0.2) is 24.3 Å². The van der Waals surface area contributed by atoms with Gasteiger partial charge in [-0.05, 0) is 50.3 Å². The van der Waals surface area contributed by atoms with Crippen LogP contribution in [-0.2, 0) is 17.8 Å². The fourth-order valence-corrected chi connectivity index (χ4v) is 4.04. The lowest BCUT2D eigenvalue weighted by Crippen LogP contribution is -2.31. The van der Waals surface area contributed by atoms with Crippen molar-refractivity contribution in [1.82, 2.24) is 25.1 Å². The van der Waals surface area contributed by atoms with Crippen molar-refractivity contribution in [2.75, 3.05) is 12.0 Å². The Labute approximate surface area is 176 Å². The van der Waals surface area contributed by atoms with Gasteiger partial charge in [0.25, 0.3) is 0 Å². The van der Waals surface area contributed by atoms with E-state index in [1.54, 1.807) is 11.8 Å². The zero-order chi connectivity index (χ0) is 21.0. The number of aromatic amines is 1. The molecular weight excluding hydrogens is 382 g/mol. The van der Waals surface area contributed by atoms with Crippen molar-refractivity contribution >= 4 is 28.7 Å². The first kappa shape index (κ1) is 21.4. The van der Waals surface area contributed by atoms with Crippen molar-refractivity contribution in [3.8, 4) is 0 Å². The number of hydrogen-bond acceptors (Lipinski definition) is 4. The Hall–Kier alpha value is -2.28. The number of rotatable bonds is 9. The summed E-state index contributed by atoms with van der Waals surface area (Å²) in [6.07, 6.45) is 3.25. The summed E-state index contributed by atoms with van der Waals surface area (Å²) in [4.78, 5) is 21.0. The van der Waals surface area contributed by atoms with Crippen LogP contribution in [0.25, 0.3) is 11.0 Å². The quantitative estimate of drug-likeness (QED) is 0.552. The molecule has 156 valence electrons. The van der Waals surface area contributed by atoms with Gasteiger partial charge in [-0.15, -0.1) is 0 Å². The maximum absolute atomic E-state index is 12.9. The summed E-state index contributed by atoms with van der Waals surface area (Å²) in [7, 11) is 0. The minimum Gasteiger partial charge on any atom is -0.346 e. The topological polar surface area (TPSA) is 75.6 Å². The molecule has 29 heavy (non-hydrogen) atoms. The van der Waals surface area contributed by atoms with Crippen LogP contribution >= 0.6 is 11.8 Å². The lowest BCUT2D eigenvalue weighted by atomic mass is 10.1. The van der Waals surface area contributed by atoms with Crippen LogP contribution in [0.5, 0.6) is 0 Å². The van der Waals surface area contributed by atoms with E-state index in [1.165, 1.54) is 0 Å². The summed E-state index contributed by atoms with van der Waals surface area (Å²) >= 11 is 1.77. The first-order valence-electron chi connectivity index (χ1n) is 10.1. The van der Waals surface area contributed by atoms with E-state index >= 15 is 0 Å². The molecule has 0 spiro atoms. The summed E-state index contributed by atoms with van der Waals surface area (Å²) in [5.41, 5.74) is 4.95. The highest BCUT2D eigenvalue weighted by molar-refractivity contribution is 7.98. The number of imidazole rings is 1. The molecular formula is C22H31N5OS. The maximum Gasteiger partial charge on any atom is 0.225 e. The van der Waals surface area contributed by atoms with Gasteiger partial charge in [0.2, 0.25) is 5.91 Å². The van der Waals surface area contributed by atoms with Crippen molar-refractivity contribution < 1.29 is 4.79 Å². The van der Waals surface area contributed by atoms with Crippen LogP contribution in [0.1, 0.15) is 49.1 Å². The molecule has 2 heterocycles. The molecule has 1 atom stereocenters. The number of para-hydroxylation sites is 2. The molecule has 0 aliphatic carbocycles. The van der Waals surface area contributed by atoms with Crippen LogP contribution < -0.4 is 5.32 Å². The van der Waals surface area contributed by atoms with Crippen LogP contribution in [0, 0.1) is 19.8 Å². The number of benzene rings is 1. The molecule has 0 fully saturated rings. The highest BCUT2D eigenvalue weighted by Crippen LogP contribution is 2.21. The molecule has 3 aromatic rings. The van der Waals surface area contributed by atoms with Crippen molar-refractivity contribution in [3.63, 3.8) is 0 Å². The first-order valence-corrected chi connectivity index (χ1v) is 11.5. The zero-order valence-corrected chi connectivity index (χ0v) is 18.8. The molecule has 7 heteroatoms. The standard InChI is InChI=1S/C22H31N5OS/c1-14(2)13-27-16(4)17(15(3)26-27)12-21(28)23-20(10-11-29-5)22-24-18-8-6-7-9-19(18)25-22/h6-9,14,20H,10-13H2,1-5H3,(H,23,28)(H,24,25)/t20-/m0/s1. The average Bonchev–Trinajstić information content (AvgIpc) is 3.21. The SMILES string of the molecule is CSCC[C@H](NC(=O)Cc1c(C)nn(CC(C)C)c1C)c1nc2ccccc2[nH]1. The minimum atomic E-state index is -0.131. The van der Waals surface area contributed by atoms with Crippen molar-refractivity contribution in [3.05, 3.63) is 47.0 Å². The van der Waals surface area contributed by atoms with Gasteiger partial charge in [-0.3, -0.25) is 9.48 Å². The molecule has 0 radical (unpaired) electrons. The van der Waals surface area contributed by atoms with E-state index in [1.807, 2.05) is 35.9 Å². The first-order chi connectivity index (χ1) is 13.9. The fourth-order valence-electron chi connectivity index (χ4n) is 3.57. The number of fused-ring (bicyclic) bond motifs is 1. The number of aromatic nitrogens is 4. The predicted octanol–water partition coefficient (Wildman–Crippen LogP) is 4.19. The van der Waals surface area contributed by atoms with E-state index in [9.17, 15) is 4.79 Å². The molecule has 1 aromatic carbocycles. The van der Waals surface area contributed by atoms with E-state index in [0.29, 0.717) is 12.3 Å². The molecule has 0 saturated heterocycles. The maximum atomic E-state index is 12.9. The third-order valence-corrected chi connectivity index (χ3v) is 5.73. The Balaban J connectivity index is 1.76. The van der Waals surface area contributed by atoms with Gasteiger partial charge < -0.3 is 10.3 Å². The van der Waals surface area contributed by atoms with Gasteiger partial charge in [0.1, 0.15) is 5.82 Å². The molecule has 0 unspecified atom stereocenters. The van der Waals surface area contributed by atoms with Gasteiger partial charge >= 0.3 is 0 Å². The largest absolute Gasteiger partial charge is 0.346 e. The van der Waals surface area contributed by atoms with Gasteiger partial charge in [-0.1, -0.05) is 26.0 Å². The number of carbonyl (C=O) groups excluding carboxylic acids is 1. The van der Waals surface area contributed by atoms with Crippen LogP contribution in [0.4, 0.5) is 0 Å². The average molecular weight is 414 g/mol. The monoisotopic (exact) mass is 413 g/mol. The van der Waals surface area contributed by atoms with E-state index in [0.717, 1.165) is 52.5 Å². The zero-order valence-electron chi connectivity index (χ0n) is 18.0. The predicted molar refractivity (Wildman–Crippen MR) is 120 cm³/mol. The van der Waals surface area contributed by atoms with Crippen LogP contribution in [0.2, 0.25) is 0 Å². The molecule has 3 rings (SSSR count). The smallest absolute Gasteiger partial charge is 0.225 e. The second kappa shape index (κ2) is 9.48. The third kappa shape index (κ3) is 5.21. The van der Waals surface area contributed by atoms with E-state index in [4.69, 9.17) is 4.98 Å². The second-order valence-electron chi connectivity index (χ2n) is 7.94. The second-order valence-corrected chi connectivity index (χ2v) is 8.93. The summed E-state index contributed by atoms with van der Waals surface area (Å²) in [5, 5.41) is 7.83. The van der Waals surface area contributed by atoms with Crippen LogP contribution in [0.3, 0.4) is 0 Å². The number of carbonyl (C=O) groups is 1. The summed E-state index contributed by atoms with van der Waals surface area (Å²) < 4.78 is 2.02. The molecule has 1 amide bonds. The van der Waals surface area contributed by atoms with Crippen LogP contribution in [-0.4, -0.2) is 37.7 Å². The third-order valence-electron chi connectivity index (χ3n) is 5.09. The number of thioether (sulfide) groups is 1. The Morgan fingerprint density at radius 2 is 2.03 bits per heavy atom. The molecule has 6 nitrogen and oxygen atoms in total. The fraction of sp³-hybridized carbons (Fsp3) is 0.500. The van der Waals surface area contributed by atoms with Gasteiger partial charge in [0.05, 0.1) is 29.2 Å². The molecule has 0 bridgehead atoms. The number of nitrogens with zero attached hydrogens (tertiary/aromatic N) is 3. The molecule has 0 aliphatic heterocycles. The molecule has 0 aliphatic rings. The highest BCUT2D eigenvalue weighted by Gasteiger charge is 2.21. The Kier molecular flexibility index (Phi) is 7.00. The Bertz CT molecular complexity index is 942. The lowest BCUT2D eigenvalue weighted by molar-refractivity contribution is -0.121. The number of hydrogen-bond donors (Lipinski definition) is 2. The normalized spacial score (nSPS) is 12.6. The molecule has 2 aromatic heterocycles. The molecule has 0 saturated carbocycles. The van der Waals surface area contributed by atoms with E-state index in [2.05, 4.69) is 42.4 Å². The van der Waals surface area contributed by atoms with Crippen molar-refractivity contribution in [2.24, 2.45) is 5.92 Å². The van der Waals surface area contributed by atoms with Crippen molar-refractivity contribution in [1.29, 1.82) is 0 Å². The minimum absolute atomic E-state index is 0.00635. The summed E-state index contributed by atoms with van der Waals surface area (Å²) in [5.74, 6) is 2.29. The van der Waals surface area contributed by atoms with Crippen molar-refractivity contribution in [2.45, 2.75) is 53.1 Å². The highest BCUT2D eigenvalue weighted by atomic mass is 32.2. The number of nitrogens with one attached hydrogen (secondary N) is 2.